The summed E-state index contributed by atoms with van der Waals surface area (Å²) in [5.74, 6) is 0. The van der Waals surface area contributed by atoms with Gasteiger partial charge in [-0.05, 0) is 45.5 Å². The maximum Gasteiger partial charge on any atom is 0.0188 e. The zero-order valence-electron chi connectivity index (χ0n) is 14.6. The SMILES string of the molecule is CN(C)C1CCCCC1(C)P(c1ccccc1)c1ccccc1. The van der Waals surface area contributed by atoms with E-state index in [-0.39, 0.29) is 7.92 Å². The standard InChI is InChI=1S/C21H28NP/c1-21(17-11-10-16-20(21)22(2)3)23(18-12-6-4-7-13-18)19-14-8-5-9-15-19/h4-9,12-15,20H,10-11,16-17H2,1-3H3. The summed E-state index contributed by atoms with van der Waals surface area (Å²) in [6.07, 6.45) is 5.37. The van der Waals surface area contributed by atoms with Gasteiger partial charge in [0, 0.05) is 11.2 Å². The predicted octanol–water partition coefficient (Wildman–Crippen LogP) is 4.38. The van der Waals surface area contributed by atoms with Gasteiger partial charge in [-0.2, -0.15) is 0 Å². The summed E-state index contributed by atoms with van der Waals surface area (Å²) in [5, 5.41) is 3.37. The summed E-state index contributed by atoms with van der Waals surface area (Å²) < 4.78 is 0. The largest absolute Gasteiger partial charge is 0.306 e. The van der Waals surface area contributed by atoms with Crippen LogP contribution in [0.5, 0.6) is 0 Å². The Balaban J connectivity index is 2.10. The fourth-order valence-corrected chi connectivity index (χ4v) is 7.72. The van der Waals surface area contributed by atoms with Gasteiger partial charge in [-0.25, -0.2) is 0 Å². The quantitative estimate of drug-likeness (QED) is 0.754. The van der Waals surface area contributed by atoms with Crippen molar-refractivity contribution in [1.82, 2.24) is 4.90 Å². The fraction of sp³-hybridized carbons (Fsp3) is 0.429. The summed E-state index contributed by atoms with van der Waals surface area (Å²) in [6.45, 7) is 2.54. The van der Waals surface area contributed by atoms with Crippen molar-refractivity contribution in [2.24, 2.45) is 0 Å². The Hall–Kier alpha value is -1.17. The summed E-state index contributed by atoms with van der Waals surface area (Å²) in [5.41, 5.74) is 0. The van der Waals surface area contributed by atoms with Crippen LogP contribution >= 0.6 is 7.92 Å². The molecule has 0 heterocycles. The van der Waals surface area contributed by atoms with Crippen molar-refractivity contribution in [2.45, 2.75) is 43.8 Å². The van der Waals surface area contributed by atoms with Crippen LogP contribution in [-0.4, -0.2) is 30.2 Å². The highest BCUT2D eigenvalue weighted by molar-refractivity contribution is 7.74. The molecule has 2 aromatic carbocycles. The molecule has 0 saturated heterocycles. The Kier molecular flexibility index (Phi) is 5.19. The maximum atomic E-state index is 2.54. The predicted molar refractivity (Wildman–Crippen MR) is 103 cm³/mol. The average molecular weight is 325 g/mol. The minimum Gasteiger partial charge on any atom is -0.306 e. The minimum absolute atomic E-state index is 0.333. The van der Waals surface area contributed by atoms with E-state index >= 15 is 0 Å². The molecule has 3 rings (SSSR count). The Morgan fingerprint density at radius 2 is 1.39 bits per heavy atom. The molecule has 23 heavy (non-hydrogen) atoms. The van der Waals surface area contributed by atoms with E-state index in [0.717, 1.165) is 0 Å². The zero-order chi connectivity index (χ0) is 16.3. The lowest BCUT2D eigenvalue weighted by molar-refractivity contribution is 0.187. The van der Waals surface area contributed by atoms with Crippen molar-refractivity contribution >= 4 is 18.5 Å². The summed E-state index contributed by atoms with van der Waals surface area (Å²) in [7, 11) is 4.16. The van der Waals surface area contributed by atoms with Crippen LogP contribution in [0.1, 0.15) is 32.6 Å². The van der Waals surface area contributed by atoms with Crippen LogP contribution in [0.25, 0.3) is 0 Å². The fourth-order valence-electron chi connectivity index (χ4n) is 4.27. The molecule has 0 radical (unpaired) electrons. The Morgan fingerprint density at radius 3 is 1.87 bits per heavy atom. The second-order valence-electron chi connectivity index (χ2n) is 7.09. The molecule has 0 aliphatic heterocycles. The van der Waals surface area contributed by atoms with Gasteiger partial charge in [0.2, 0.25) is 0 Å². The van der Waals surface area contributed by atoms with E-state index in [0.29, 0.717) is 11.2 Å². The van der Waals surface area contributed by atoms with Gasteiger partial charge in [0.1, 0.15) is 0 Å². The number of rotatable bonds is 4. The Labute approximate surface area is 142 Å². The van der Waals surface area contributed by atoms with Crippen molar-refractivity contribution in [2.75, 3.05) is 14.1 Å². The molecular formula is C21H28NP. The molecular weight excluding hydrogens is 297 g/mol. The molecule has 2 heteroatoms. The number of benzene rings is 2. The highest BCUT2D eigenvalue weighted by atomic mass is 31.1. The smallest absolute Gasteiger partial charge is 0.0188 e. The molecule has 1 saturated carbocycles. The molecule has 2 atom stereocenters. The van der Waals surface area contributed by atoms with Crippen LogP contribution in [0.4, 0.5) is 0 Å². The summed E-state index contributed by atoms with van der Waals surface area (Å²) >= 11 is 0. The Morgan fingerprint density at radius 1 is 0.870 bits per heavy atom. The second kappa shape index (κ2) is 7.16. The molecule has 122 valence electrons. The van der Waals surface area contributed by atoms with E-state index in [4.69, 9.17) is 0 Å². The molecule has 0 amide bonds. The first-order valence-electron chi connectivity index (χ1n) is 8.70. The van der Waals surface area contributed by atoms with Crippen LogP contribution in [0.3, 0.4) is 0 Å². The highest BCUT2D eigenvalue weighted by Gasteiger charge is 2.44. The van der Waals surface area contributed by atoms with Gasteiger partial charge in [-0.15, -0.1) is 0 Å². The first-order valence-corrected chi connectivity index (χ1v) is 10.0. The monoisotopic (exact) mass is 325 g/mol. The third-order valence-electron chi connectivity index (χ3n) is 5.29. The number of hydrogen-bond acceptors (Lipinski definition) is 1. The maximum absolute atomic E-state index is 2.54. The van der Waals surface area contributed by atoms with Crippen molar-refractivity contribution in [3.05, 3.63) is 60.7 Å². The lowest BCUT2D eigenvalue weighted by Crippen LogP contribution is -2.51. The van der Waals surface area contributed by atoms with Gasteiger partial charge in [-0.3, -0.25) is 0 Å². The van der Waals surface area contributed by atoms with Crippen molar-refractivity contribution in [3.8, 4) is 0 Å². The lowest BCUT2D eigenvalue weighted by atomic mass is 9.84. The van der Waals surface area contributed by atoms with E-state index in [1.807, 2.05) is 0 Å². The van der Waals surface area contributed by atoms with Crippen molar-refractivity contribution in [1.29, 1.82) is 0 Å². The molecule has 2 aromatic rings. The molecule has 0 spiro atoms. The van der Waals surface area contributed by atoms with Crippen LogP contribution in [0, 0.1) is 0 Å². The van der Waals surface area contributed by atoms with Crippen molar-refractivity contribution in [3.63, 3.8) is 0 Å². The first-order chi connectivity index (χ1) is 11.1. The molecule has 1 aliphatic rings. The van der Waals surface area contributed by atoms with E-state index < -0.39 is 0 Å². The Bertz CT molecular complexity index is 571. The van der Waals surface area contributed by atoms with Gasteiger partial charge in [0.25, 0.3) is 0 Å². The normalized spacial score (nSPS) is 25.0. The summed E-state index contributed by atoms with van der Waals surface area (Å²) in [6, 6.07) is 23.1. The molecule has 1 fully saturated rings. The third-order valence-corrected chi connectivity index (χ3v) is 8.46. The lowest BCUT2D eigenvalue weighted by Gasteiger charge is -2.50. The number of hydrogen-bond donors (Lipinski definition) is 0. The molecule has 0 aromatic heterocycles. The molecule has 0 N–H and O–H groups in total. The van der Waals surface area contributed by atoms with Gasteiger partial charge >= 0.3 is 0 Å². The van der Waals surface area contributed by atoms with Gasteiger partial charge < -0.3 is 4.90 Å². The van der Waals surface area contributed by atoms with E-state index in [9.17, 15) is 0 Å². The van der Waals surface area contributed by atoms with E-state index in [1.165, 1.54) is 36.3 Å². The van der Waals surface area contributed by atoms with Crippen LogP contribution in [0.15, 0.2) is 60.7 Å². The van der Waals surface area contributed by atoms with Gasteiger partial charge in [0.15, 0.2) is 0 Å². The highest BCUT2D eigenvalue weighted by Crippen LogP contribution is 2.56. The average Bonchev–Trinajstić information content (AvgIpc) is 2.57. The molecule has 1 aliphatic carbocycles. The second-order valence-corrected chi connectivity index (χ2v) is 9.81. The number of nitrogens with zero attached hydrogens (tertiary/aromatic N) is 1. The van der Waals surface area contributed by atoms with Gasteiger partial charge in [-0.1, -0.05) is 80.4 Å². The minimum atomic E-state index is -0.365. The van der Waals surface area contributed by atoms with Crippen LogP contribution < -0.4 is 10.6 Å². The molecule has 2 unspecified atom stereocenters. The van der Waals surface area contributed by atoms with E-state index in [2.05, 4.69) is 86.6 Å². The summed E-state index contributed by atoms with van der Waals surface area (Å²) in [4.78, 5) is 2.47. The van der Waals surface area contributed by atoms with Crippen LogP contribution in [0.2, 0.25) is 0 Å². The first kappa shape index (κ1) is 16.7. The molecule has 1 nitrogen and oxygen atoms in total. The van der Waals surface area contributed by atoms with Gasteiger partial charge in [0.05, 0.1) is 0 Å². The van der Waals surface area contributed by atoms with Crippen molar-refractivity contribution < 1.29 is 0 Å². The van der Waals surface area contributed by atoms with E-state index in [1.54, 1.807) is 0 Å². The van der Waals surface area contributed by atoms with Crippen LogP contribution in [-0.2, 0) is 0 Å². The topological polar surface area (TPSA) is 3.24 Å². The molecule has 0 bridgehead atoms. The third kappa shape index (κ3) is 3.37. The zero-order valence-corrected chi connectivity index (χ0v) is 15.5.